The highest BCUT2D eigenvalue weighted by atomic mass is 15.2. The molecule has 0 spiro atoms. The van der Waals surface area contributed by atoms with E-state index in [1.807, 2.05) is 48.5 Å². The Morgan fingerprint density at radius 2 is 1.62 bits per heavy atom. The largest absolute Gasteiger partial charge is 0.438 e. The number of nitriles is 1. The lowest BCUT2D eigenvalue weighted by Crippen LogP contribution is -2.16. The van der Waals surface area contributed by atoms with Crippen LogP contribution >= 0.6 is 0 Å². The molecule has 5 nitrogen and oxygen atoms in total. The minimum atomic E-state index is -0.337. The van der Waals surface area contributed by atoms with Gasteiger partial charge in [-0.3, -0.25) is 4.99 Å². The number of nitrogens with zero attached hydrogens (tertiary/aromatic N) is 5. The van der Waals surface area contributed by atoms with Gasteiger partial charge in [0.1, 0.15) is 0 Å². The lowest BCUT2D eigenvalue weighted by molar-refractivity contribution is 0.876. The number of fused-ring (bicyclic) bond motifs is 3. The summed E-state index contributed by atoms with van der Waals surface area (Å²) in [6.45, 7) is 0. The fraction of sp³-hybridized carbons (Fsp3) is 0.0882. The van der Waals surface area contributed by atoms with Crippen LogP contribution in [0.4, 0.5) is 0 Å². The van der Waals surface area contributed by atoms with E-state index in [2.05, 4.69) is 77.4 Å². The second kappa shape index (κ2) is 9.59. The number of allylic oxidation sites excluding steroid dienone is 2. The summed E-state index contributed by atoms with van der Waals surface area (Å²) in [6.07, 6.45) is 8.19. The van der Waals surface area contributed by atoms with Crippen LogP contribution in [0.25, 0.3) is 32.8 Å². The molecule has 0 amide bonds. The summed E-state index contributed by atoms with van der Waals surface area (Å²) in [5, 5.41) is 16.6. The Labute approximate surface area is 226 Å². The average molecular weight is 503 g/mol. The Balaban J connectivity index is 1.30. The van der Waals surface area contributed by atoms with E-state index in [1.54, 1.807) is 0 Å². The topological polar surface area (TPSA) is 67.5 Å². The van der Waals surface area contributed by atoms with Crippen LogP contribution < -0.4 is 0 Å². The lowest BCUT2D eigenvalue weighted by Gasteiger charge is -2.33. The Morgan fingerprint density at radius 3 is 2.41 bits per heavy atom. The normalized spacial score (nSPS) is 16.8. The zero-order chi connectivity index (χ0) is 26.2. The number of para-hydroxylation sites is 1. The second-order valence-electron chi connectivity index (χ2n) is 9.68. The van der Waals surface area contributed by atoms with Crippen molar-refractivity contribution in [3.63, 3.8) is 0 Å². The number of hydrogen-bond donors (Lipinski definition) is 0. The van der Waals surface area contributed by atoms with Crippen LogP contribution in [0.3, 0.4) is 0 Å². The van der Waals surface area contributed by atoms with Gasteiger partial charge in [-0.25, -0.2) is 0 Å². The van der Waals surface area contributed by atoms with Crippen molar-refractivity contribution in [2.45, 2.75) is 19.0 Å². The zero-order valence-electron chi connectivity index (χ0n) is 21.2. The molecule has 0 fully saturated rings. The fourth-order valence-electron chi connectivity index (χ4n) is 5.33. The second-order valence-corrected chi connectivity index (χ2v) is 9.68. The highest BCUT2D eigenvalue weighted by Gasteiger charge is 2.16. The van der Waals surface area contributed by atoms with E-state index in [0.29, 0.717) is 11.4 Å². The first kappa shape index (κ1) is 22.9. The summed E-state index contributed by atoms with van der Waals surface area (Å²) in [4.78, 5) is 9.81. The molecule has 0 saturated heterocycles. The van der Waals surface area contributed by atoms with Crippen molar-refractivity contribution in [3.05, 3.63) is 143 Å². The van der Waals surface area contributed by atoms with E-state index in [9.17, 15) is 5.26 Å². The first-order valence-corrected chi connectivity index (χ1v) is 13.1. The van der Waals surface area contributed by atoms with Crippen LogP contribution in [0.5, 0.6) is 0 Å². The van der Waals surface area contributed by atoms with Gasteiger partial charge in [0, 0.05) is 16.5 Å². The molecule has 39 heavy (non-hydrogen) atoms. The third kappa shape index (κ3) is 4.13. The zero-order valence-corrected chi connectivity index (χ0v) is 21.2. The molecule has 1 aliphatic carbocycles. The molecule has 1 atom stereocenters. The molecule has 1 aliphatic heterocycles. The van der Waals surface area contributed by atoms with E-state index < -0.39 is 0 Å². The number of amidine groups is 2. The molecule has 0 N–H and O–H groups in total. The molecule has 2 heterocycles. The molecule has 0 saturated carbocycles. The SMILES string of the molecule is N#Cc1ccc2c(c1)c1ccccc1n2-c1ccc(C2=NC(C3=CCCC=C3)=NC(c3ccccc3)[N-]2)cc1. The molecule has 7 rings (SSSR count). The van der Waals surface area contributed by atoms with Crippen LogP contribution in [-0.4, -0.2) is 16.2 Å². The van der Waals surface area contributed by atoms with E-state index >= 15 is 0 Å². The maximum Gasteiger partial charge on any atom is 0.0991 e. The maximum absolute atomic E-state index is 9.45. The van der Waals surface area contributed by atoms with Crippen molar-refractivity contribution in [2.24, 2.45) is 9.98 Å². The fourth-order valence-corrected chi connectivity index (χ4v) is 5.33. The smallest absolute Gasteiger partial charge is 0.0991 e. The van der Waals surface area contributed by atoms with Crippen molar-refractivity contribution in [1.82, 2.24) is 4.57 Å². The van der Waals surface area contributed by atoms with Crippen LogP contribution in [-0.2, 0) is 0 Å². The van der Waals surface area contributed by atoms with Crippen LogP contribution in [0.2, 0.25) is 0 Å². The summed E-state index contributed by atoms with van der Waals surface area (Å²) in [7, 11) is 0. The predicted molar refractivity (Wildman–Crippen MR) is 158 cm³/mol. The molecule has 4 aromatic carbocycles. The number of rotatable bonds is 4. The van der Waals surface area contributed by atoms with Crippen LogP contribution in [0.15, 0.2) is 131 Å². The number of hydrogen-bond acceptors (Lipinski definition) is 3. The Hall–Kier alpha value is -5.21. The third-order valence-electron chi connectivity index (χ3n) is 7.24. The van der Waals surface area contributed by atoms with Crippen molar-refractivity contribution < 1.29 is 0 Å². The third-order valence-corrected chi connectivity index (χ3v) is 7.24. The van der Waals surface area contributed by atoms with Crippen molar-refractivity contribution >= 4 is 33.5 Å². The van der Waals surface area contributed by atoms with Gasteiger partial charge in [-0.15, -0.1) is 0 Å². The van der Waals surface area contributed by atoms with Gasteiger partial charge in [0.05, 0.1) is 34.7 Å². The average Bonchev–Trinajstić information content (AvgIpc) is 3.35. The number of benzene rings is 4. The minimum Gasteiger partial charge on any atom is -0.438 e. The monoisotopic (exact) mass is 502 g/mol. The van der Waals surface area contributed by atoms with Gasteiger partial charge in [-0.05, 0) is 65.9 Å². The molecule has 0 radical (unpaired) electrons. The van der Waals surface area contributed by atoms with Gasteiger partial charge in [-0.1, -0.05) is 84.7 Å². The molecular formula is C34H24N5-. The Bertz CT molecular complexity index is 1880. The molecule has 1 unspecified atom stereocenters. The molecule has 1 aromatic heterocycles. The molecular weight excluding hydrogens is 478 g/mol. The van der Waals surface area contributed by atoms with E-state index in [4.69, 9.17) is 15.3 Å². The van der Waals surface area contributed by atoms with Gasteiger partial charge < -0.3 is 14.9 Å². The van der Waals surface area contributed by atoms with E-state index in [-0.39, 0.29) is 6.17 Å². The standard InChI is InChI=1S/C34H24N5/c35-22-23-15-20-31-29(21-23)28-13-7-8-14-30(28)39(31)27-18-16-26(17-19-27)34-37-32(24-9-3-1-4-10-24)36-33(38-34)25-11-5-2-6-12-25/h1,3-5,7-21,32H,2,6H2/q-1. The van der Waals surface area contributed by atoms with Crippen LogP contribution in [0, 0.1) is 11.3 Å². The number of aromatic nitrogens is 1. The highest BCUT2D eigenvalue weighted by Crippen LogP contribution is 2.34. The van der Waals surface area contributed by atoms with E-state index in [1.165, 1.54) is 0 Å². The first-order chi connectivity index (χ1) is 19.3. The predicted octanol–water partition coefficient (Wildman–Crippen LogP) is 8.16. The van der Waals surface area contributed by atoms with Crippen LogP contribution in [0.1, 0.15) is 35.7 Å². The summed E-state index contributed by atoms with van der Waals surface area (Å²) in [5.41, 5.74) is 6.90. The summed E-state index contributed by atoms with van der Waals surface area (Å²) in [6, 6.07) is 35.0. The van der Waals surface area contributed by atoms with Gasteiger partial charge in [0.2, 0.25) is 0 Å². The lowest BCUT2D eigenvalue weighted by atomic mass is 10.0. The Kier molecular flexibility index (Phi) is 5.64. The van der Waals surface area contributed by atoms with Gasteiger partial charge in [0.25, 0.3) is 0 Å². The molecule has 2 aliphatic rings. The molecule has 5 heteroatoms. The van der Waals surface area contributed by atoms with Crippen molar-refractivity contribution in [2.75, 3.05) is 0 Å². The van der Waals surface area contributed by atoms with Gasteiger partial charge in [-0.2, -0.15) is 5.26 Å². The summed E-state index contributed by atoms with van der Waals surface area (Å²) >= 11 is 0. The van der Waals surface area contributed by atoms with E-state index in [0.717, 1.165) is 62.9 Å². The van der Waals surface area contributed by atoms with Crippen molar-refractivity contribution in [1.29, 1.82) is 5.26 Å². The van der Waals surface area contributed by atoms with Crippen molar-refractivity contribution in [3.8, 4) is 11.8 Å². The summed E-state index contributed by atoms with van der Waals surface area (Å²) < 4.78 is 2.24. The molecule has 0 bridgehead atoms. The number of aliphatic imine (C=N–C) groups is 2. The van der Waals surface area contributed by atoms with Gasteiger partial charge in [0.15, 0.2) is 0 Å². The summed E-state index contributed by atoms with van der Waals surface area (Å²) in [5.74, 6) is 1.41. The molecule has 186 valence electrons. The first-order valence-electron chi connectivity index (χ1n) is 13.1. The maximum atomic E-state index is 9.45. The molecule has 5 aromatic rings. The highest BCUT2D eigenvalue weighted by molar-refractivity contribution is 6.19. The minimum absolute atomic E-state index is 0.337. The quantitative estimate of drug-likeness (QED) is 0.244. The Morgan fingerprint density at radius 1 is 0.821 bits per heavy atom. The van der Waals surface area contributed by atoms with Gasteiger partial charge >= 0.3 is 0 Å².